The lowest BCUT2D eigenvalue weighted by atomic mass is 9.91. The van der Waals surface area contributed by atoms with Crippen molar-refractivity contribution in [3.8, 4) is 11.3 Å². The van der Waals surface area contributed by atoms with Gasteiger partial charge >= 0.3 is 0 Å². The highest BCUT2D eigenvalue weighted by Gasteiger charge is 2.40. The fourth-order valence-corrected chi connectivity index (χ4v) is 6.10. The highest BCUT2D eigenvalue weighted by atomic mass is 19.3. The number of carbonyl (C=O) groups is 1. The second-order valence-electron chi connectivity index (χ2n) is 10.5. The van der Waals surface area contributed by atoms with E-state index in [9.17, 15) is 22.4 Å². The van der Waals surface area contributed by atoms with Crippen molar-refractivity contribution in [3.63, 3.8) is 0 Å². The first-order chi connectivity index (χ1) is 18.6. The van der Waals surface area contributed by atoms with Crippen molar-refractivity contribution in [2.45, 2.75) is 69.9 Å². The molecule has 2 aliphatic rings. The number of carbonyl (C=O) groups excluding carboxylic acids is 1. The third-order valence-electron chi connectivity index (χ3n) is 7.97. The highest BCUT2D eigenvalue weighted by Crippen LogP contribution is 2.44. The number of alkyl halides is 2. The maximum Gasteiger partial charge on any atom is 0.248 e. The van der Waals surface area contributed by atoms with Crippen molar-refractivity contribution in [1.82, 2.24) is 24.5 Å². The molecule has 1 atom stereocenters. The van der Waals surface area contributed by atoms with Crippen LogP contribution in [0.1, 0.15) is 68.5 Å². The van der Waals surface area contributed by atoms with Crippen LogP contribution in [0.3, 0.4) is 0 Å². The number of aryl methyl sites for hydroxylation is 2. The molecule has 0 bridgehead atoms. The molecule has 204 valence electrons. The van der Waals surface area contributed by atoms with E-state index < -0.39 is 23.6 Å². The SMILES string of the molecule is Cc1nnn(C)c1-c1ccc2c(c1)nc(C1CCCC(=O)N1c1ccc(F)c(F)c1)n2C1CCC(F)(F)CC1. The predicted molar refractivity (Wildman–Crippen MR) is 137 cm³/mol. The van der Waals surface area contributed by atoms with Gasteiger partial charge in [0, 0.05) is 49.7 Å². The van der Waals surface area contributed by atoms with Crippen molar-refractivity contribution >= 4 is 22.6 Å². The molecule has 2 fully saturated rings. The molecule has 11 heteroatoms. The lowest BCUT2D eigenvalue weighted by molar-refractivity contribution is -0.120. The van der Waals surface area contributed by atoms with E-state index in [4.69, 9.17) is 4.98 Å². The molecule has 1 amide bonds. The molecule has 0 spiro atoms. The lowest BCUT2D eigenvalue weighted by Gasteiger charge is -2.37. The molecule has 0 N–H and O–H groups in total. The normalized spacial score (nSPS) is 20.2. The van der Waals surface area contributed by atoms with E-state index in [2.05, 4.69) is 10.3 Å². The molecule has 1 aliphatic heterocycles. The number of amides is 1. The standard InChI is InChI=1S/C28H28F4N6O/c1-16-26(36(2)35-34-16)17-6-9-23-22(14-17)33-27(38(23)18-10-12-28(31,32)13-11-18)24-4-3-5-25(39)37(24)19-7-8-20(29)21(30)15-19/h6-9,14-15,18,24H,3-5,10-13H2,1-2H3. The Balaban J connectivity index is 1.51. The molecule has 3 heterocycles. The average Bonchev–Trinajstić information content (AvgIpc) is 3.44. The van der Waals surface area contributed by atoms with Crippen LogP contribution in [0.5, 0.6) is 0 Å². The van der Waals surface area contributed by atoms with Crippen LogP contribution in [0.4, 0.5) is 23.2 Å². The van der Waals surface area contributed by atoms with E-state index in [1.165, 1.54) is 11.0 Å². The fraction of sp³-hybridized carbons (Fsp3) is 0.429. The zero-order chi connectivity index (χ0) is 27.5. The van der Waals surface area contributed by atoms with Gasteiger partial charge in [-0.15, -0.1) is 5.10 Å². The van der Waals surface area contributed by atoms with Crippen LogP contribution in [0.2, 0.25) is 0 Å². The number of piperidine rings is 1. The van der Waals surface area contributed by atoms with Crippen molar-refractivity contribution in [2.75, 3.05) is 4.90 Å². The Labute approximate surface area is 222 Å². The van der Waals surface area contributed by atoms with E-state index in [0.29, 0.717) is 24.2 Å². The van der Waals surface area contributed by atoms with Gasteiger partial charge in [-0.05, 0) is 56.9 Å². The third-order valence-corrected chi connectivity index (χ3v) is 7.97. The van der Waals surface area contributed by atoms with Gasteiger partial charge < -0.3 is 9.47 Å². The number of hydrogen-bond acceptors (Lipinski definition) is 4. The van der Waals surface area contributed by atoms with Gasteiger partial charge in [0.15, 0.2) is 11.6 Å². The van der Waals surface area contributed by atoms with Gasteiger partial charge in [-0.3, -0.25) is 4.79 Å². The van der Waals surface area contributed by atoms with E-state index in [1.807, 2.05) is 29.7 Å². The first-order valence-electron chi connectivity index (χ1n) is 13.2. The largest absolute Gasteiger partial charge is 0.323 e. The summed E-state index contributed by atoms with van der Waals surface area (Å²) in [4.78, 5) is 19.7. The summed E-state index contributed by atoms with van der Waals surface area (Å²) in [6.45, 7) is 1.87. The quantitative estimate of drug-likeness (QED) is 0.280. The zero-order valence-corrected chi connectivity index (χ0v) is 21.7. The average molecular weight is 541 g/mol. The minimum absolute atomic E-state index is 0.219. The molecule has 7 nitrogen and oxygen atoms in total. The minimum Gasteiger partial charge on any atom is -0.323 e. The molecule has 4 aromatic rings. The van der Waals surface area contributed by atoms with Gasteiger partial charge in [0.25, 0.3) is 0 Å². The fourth-order valence-electron chi connectivity index (χ4n) is 6.10. The van der Waals surface area contributed by atoms with Gasteiger partial charge in [-0.1, -0.05) is 11.3 Å². The molecule has 39 heavy (non-hydrogen) atoms. The molecular formula is C28H28F4N6O. The number of benzene rings is 2. The number of fused-ring (bicyclic) bond motifs is 1. The second-order valence-corrected chi connectivity index (χ2v) is 10.5. The van der Waals surface area contributed by atoms with Gasteiger partial charge in [-0.2, -0.15) is 0 Å². The van der Waals surface area contributed by atoms with Crippen molar-refractivity contribution in [3.05, 3.63) is 59.6 Å². The predicted octanol–water partition coefficient (Wildman–Crippen LogP) is 6.43. The summed E-state index contributed by atoms with van der Waals surface area (Å²) in [6, 6.07) is 8.40. The van der Waals surface area contributed by atoms with Crippen molar-refractivity contribution in [2.24, 2.45) is 7.05 Å². The van der Waals surface area contributed by atoms with E-state index in [-0.39, 0.29) is 49.7 Å². The number of hydrogen-bond donors (Lipinski definition) is 0. The van der Waals surface area contributed by atoms with Crippen LogP contribution in [0.25, 0.3) is 22.3 Å². The van der Waals surface area contributed by atoms with Gasteiger partial charge in [0.1, 0.15) is 5.82 Å². The minimum atomic E-state index is -2.71. The summed E-state index contributed by atoms with van der Waals surface area (Å²) in [5, 5.41) is 8.23. The topological polar surface area (TPSA) is 68.8 Å². The van der Waals surface area contributed by atoms with Gasteiger partial charge in [0.2, 0.25) is 11.8 Å². The van der Waals surface area contributed by atoms with Crippen molar-refractivity contribution in [1.29, 1.82) is 0 Å². The van der Waals surface area contributed by atoms with Crippen LogP contribution in [0.15, 0.2) is 36.4 Å². The highest BCUT2D eigenvalue weighted by molar-refractivity contribution is 5.95. The van der Waals surface area contributed by atoms with Crippen LogP contribution in [-0.4, -0.2) is 36.4 Å². The molecule has 1 unspecified atom stereocenters. The van der Waals surface area contributed by atoms with E-state index >= 15 is 0 Å². The lowest BCUT2D eigenvalue weighted by Crippen LogP contribution is -2.40. The summed E-state index contributed by atoms with van der Waals surface area (Å²) >= 11 is 0. The molecule has 1 aliphatic carbocycles. The van der Waals surface area contributed by atoms with Crippen LogP contribution in [-0.2, 0) is 11.8 Å². The number of anilines is 1. The Morgan fingerprint density at radius 2 is 1.77 bits per heavy atom. The summed E-state index contributed by atoms with van der Waals surface area (Å²) in [7, 11) is 1.80. The number of imidazole rings is 1. The molecule has 0 radical (unpaired) electrons. The summed E-state index contributed by atoms with van der Waals surface area (Å²) < 4.78 is 59.9. The van der Waals surface area contributed by atoms with Gasteiger partial charge in [0.05, 0.1) is 28.5 Å². The molecule has 6 rings (SSSR count). The number of aromatic nitrogens is 5. The maximum atomic E-state index is 14.2. The third kappa shape index (κ3) is 4.47. The molecule has 2 aromatic heterocycles. The van der Waals surface area contributed by atoms with Gasteiger partial charge in [-0.25, -0.2) is 27.2 Å². The Bertz CT molecular complexity index is 1550. The Hall–Kier alpha value is -3.76. The smallest absolute Gasteiger partial charge is 0.248 e. The summed E-state index contributed by atoms with van der Waals surface area (Å²) in [6.07, 6.45) is 1.49. The number of halogens is 4. The molecule has 1 saturated heterocycles. The molecule has 1 saturated carbocycles. The molecule has 2 aromatic carbocycles. The molecular weight excluding hydrogens is 512 g/mol. The Kier molecular flexibility index (Phi) is 6.19. The monoisotopic (exact) mass is 540 g/mol. The van der Waals surface area contributed by atoms with Crippen LogP contribution >= 0.6 is 0 Å². The zero-order valence-electron chi connectivity index (χ0n) is 21.7. The number of rotatable bonds is 4. The number of nitrogens with zero attached hydrogens (tertiary/aromatic N) is 6. The van der Waals surface area contributed by atoms with Crippen LogP contribution < -0.4 is 4.90 Å². The summed E-state index contributed by atoms with van der Waals surface area (Å²) in [5.41, 5.74) is 4.13. The first kappa shape index (κ1) is 25.5. The second kappa shape index (κ2) is 9.46. The van der Waals surface area contributed by atoms with Crippen molar-refractivity contribution < 1.29 is 22.4 Å². The van der Waals surface area contributed by atoms with E-state index in [0.717, 1.165) is 34.6 Å². The first-order valence-corrected chi connectivity index (χ1v) is 13.2. The Morgan fingerprint density at radius 3 is 2.46 bits per heavy atom. The van der Waals surface area contributed by atoms with Crippen LogP contribution in [0, 0.1) is 18.6 Å². The summed E-state index contributed by atoms with van der Waals surface area (Å²) in [5.74, 6) is -4.40. The Morgan fingerprint density at radius 1 is 1.00 bits per heavy atom. The van der Waals surface area contributed by atoms with E-state index in [1.54, 1.807) is 11.7 Å². The maximum absolute atomic E-state index is 14.2.